The number of aromatic nitrogens is 2. The highest BCUT2D eigenvalue weighted by Crippen LogP contribution is 2.32. The van der Waals surface area contributed by atoms with Crippen molar-refractivity contribution in [3.05, 3.63) is 42.9 Å². The van der Waals surface area contributed by atoms with Crippen molar-refractivity contribution in [2.24, 2.45) is 0 Å². The Labute approximate surface area is 192 Å². The van der Waals surface area contributed by atoms with E-state index in [1.807, 2.05) is 17.0 Å². The van der Waals surface area contributed by atoms with E-state index in [1.165, 1.54) is 0 Å². The number of piperazine rings is 1. The van der Waals surface area contributed by atoms with Crippen molar-refractivity contribution in [3.63, 3.8) is 0 Å². The lowest BCUT2D eigenvalue weighted by molar-refractivity contribution is -0.132. The summed E-state index contributed by atoms with van der Waals surface area (Å²) < 4.78 is 0. The van der Waals surface area contributed by atoms with E-state index >= 15 is 0 Å². The second-order valence-corrected chi connectivity index (χ2v) is 9.01. The molecule has 2 aliphatic heterocycles. The predicted molar refractivity (Wildman–Crippen MR) is 122 cm³/mol. The van der Waals surface area contributed by atoms with Crippen LogP contribution in [-0.2, 0) is 9.59 Å². The van der Waals surface area contributed by atoms with Gasteiger partial charge in [0, 0.05) is 61.8 Å². The predicted octanol–water partition coefficient (Wildman–Crippen LogP) is 2.04. The summed E-state index contributed by atoms with van der Waals surface area (Å²) in [5.41, 5.74) is 2.94. The number of carbonyl (C=O) groups is 3. The van der Waals surface area contributed by atoms with Crippen LogP contribution in [0, 0.1) is 0 Å². The molecule has 33 heavy (non-hydrogen) atoms. The van der Waals surface area contributed by atoms with Gasteiger partial charge in [-0.25, -0.2) is 4.79 Å². The molecule has 3 aliphatic rings. The van der Waals surface area contributed by atoms with Crippen LogP contribution in [0.1, 0.15) is 32.6 Å². The molecule has 1 aliphatic carbocycles. The lowest BCUT2D eigenvalue weighted by Gasteiger charge is -2.41. The summed E-state index contributed by atoms with van der Waals surface area (Å²) in [6.45, 7) is 4.09. The number of hydrogen-bond donors (Lipinski definition) is 1. The minimum Gasteiger partial charge on any atom is -0.365 e. The van der Waals surface area contributed by atoms with Gasteiger partial charge >= 0.3 is 6.03 Å². The Balaban J connectivity index is 1.19. The summed E-state index contributed by atoms with van der Waals surface area (Å²) in [7, 11) is 0. The summed E-state index contributed by atoms with van der Waals surface area (Å²) in [4.78, 5) is 51.5. The van der Waals surface area contributed by atoms with E-state index in [1.54, 1.807) is 23.5 Å². The molecule has 3 heterocycles. The van der Waals surface area contributed by atoms with Gasteiger partial charge in [0.1, 0.15) is 6.04 Å². The smallest absolute Gasteiger partial charge is 0.325 e. The van der Waals surface area contributed by atoms with Gasteiger partial charge in [0.15, 0.2) is 0 Å². The first-order valence-corrected chi connectivity index (χ1v) is 11.6. The van der Waals surface area contributed by atoms with Crippen LogP contribution in [-0.4, -0.2) is 75.4 Å². The summed E-state index contributed by atoms with van der Waals surface area (Å²) in [6, 6.07) is 7.70. The van der Waals surface area contributed by atoms with E-state index < -0.39 is 6.04 Å². The van der Waals surface area contributed by atoms with E-state index in [9.17, 15) is 14.4 Å². The molecule has 1 aromatic heterocycles. The van der Waals surface area contributed by atoms with E-state index in [2.05, 4.69) is 39.2 Å². The van der Waals surface area contributed by atoms with Crippen LogP contribution in [0.2, 0.25) is 0 Å². The van der Waals surface area contributed by atoms with Crippen molar-refractivity contribution in [1.82, 2.24) is 25.1 Å². The first-order valence-electron chi connectivity index (χ1n) is 11.6. The largest absolute Gasteiger partial charge is 0.365 e. The van der Waals surface area contributed by atoms with Crippen LogP contribution < -0.4 is 10.2 Å². The number of anilines is 1. The van der Waals surface area contributed by atoms with Crippen molar-refractivity contribution in [1.29, 1.82) is 0 Å². The zero-order valence-corrected chi connectivity index (χ0v) is 18.7. The molecule has 2 aromatic rings. The Hall–Kier alpha value is -3.49. The third-order valence-electron chi connectivity index (χ3n) is 6.69. The van der Waals surface area contributed by atoms with Crippen LogP contribution >= 0.6 is 0 Å². The molecule has 172 valence electrons. The molecule has 5 rings (SSSR count). The van der Waals surface area contributed by atoms with Gasteiger partial charge in [-0.15, -0.1) is 0 Å². The zero-order valence-electron chi connectivity index (χ0n) is 18.7. The molecule has 2 saturated heterocycles. The highest BCUT2D eigenvalue weighted by molar-refractivity contribution is 6.04. The first-order chi connectivity index (χ1) is 16.0. The summed E-state index contributed by atoms with van der Waals surface area (Å²) in [6.07, 6.45) is 7.61. The lowest BCUT2D eigenvalue weighted by Crippen LogP contribution is -2.54. The quantitative estimate of drug-likeness (QED) is 0.679. The number of imide groups is 1. The van der Waals surface area contributed by atoms with Crippen molar-refractivity contribution in [2.45, 2.75) is 50.7 Å². The van der Waals surface area contributed by atoms with Crippen molar-refractivity contribution >= 4 is 23.5 Å². The van der Waals surface area contributed by atoms with Crippen molar-refractivity contribution in [3.8, 4) is 11.3 Å². The van der Waals surface area contributed by atoms with Gasteiger partial charge in [-0.3, -0.25) is 24.9 Å². The summed E-state index contributed by atoms with van der Waals surface area (Å²) in [5.74, 6) is -0.237. The molecule has 1 saturated carbocycles. The fraction of sp³-hybridized carbons (Fsp3) is 0.458. The maximum Gasteiger partial charge on any atom is 0.325 e. The molecule has 0 radical (unpaired) electrons. The standard InChI is InChI=1S/C24H28N6O3/c1-16-15-28(22(31)8-7-21-23(32)27-24(33)30(21)18-5-6-18)11-12-29(16)19-4-2-3-17(13-19)20-14-25-9-10-26-20/h2-4,9-10,13-14,16,18,21H,5-8,11-12,15H2,1H3,(H,27,32,33)/t16-,21-/m0/s1. The van der Waals surface area contributed by atoms with Crippen molar-refractivity contribution < 1.29 is 14.4 Å². The Morgan fingerprint density at radius 2 is 2.03 bits per heavy atom. The normalized spacial score (nSPS) is 23.1. The maximum absolute atomic E-state index is 12.9. The van der Waals surface area contributed by atoms with Crippen LogP contribution in [0.4, 0.5) is 10.5 Å². The minimum atomic E-state index is -0.517. The summed E-state index contributed by atoms with van der Waals surface area (Å²) in [5, 5.41) is 2.40. The number of nitrogens with zero attached hydrogens (tertiary/aromatic N) is 5. The van der Waals surface area contributed by atoms with Crippen LogP contribution in [0.5, 0.6) is 0 Å². The topological polar surface area (TPSA) is 98.7 Å². The number of amides is 4. The number of rotatable bonds is 6. The number of nitrogens with one attached hydrogen (secondary N) is 1. The number of carbonyl (C=O) groups excluding carboxylic acids is 3. The fourth-order valence-electron chi connectivity index (χ4n) is 4.84. The first kappa shape index (κ1) is 21.4. The van der Waals surface area contributed by atoms with Gasteiger partial charge in [-0.2, -0.15) is 0 Å². The Kier molecular flexibility index (Phi) is 5.70. The molecule has 1 aromatic carbocycles. The lowest BCUT2D eigenvalue weighted by atomic mass is 10.1. The number of urea groups is 1. The van der Waals surface area contributed by atoms with Gasteiger partial charge in [0.25, 0.3) is 5.91 Å². The molecule has 9 nitrogen and oxygen atoms in total. The Morgan fingerprint density at radius 1 is 1.18 bits per heavy atom. The van der Waals surface area contributed by atoms with Gasteiger partial charge < -0.3 is 14.7 Å². The SMILES string of the molecule is C[C@H]1CN(C(=O)CC[C@H]2C(=O)NC(=O)N2C2CC2)CCN1c1cccc(-c2cnccn2)c1. The molecular formula is C24H28N6O3. The molecule has 0 bridgehead atoms. The monoisotopic (exact) mass is 448 g/mol. The molecule has 2 atom stereocenters. The molecule has 4 amide bonds. The molecule has 9 heteroatoms. The Bertz CT molecular complexity index is 1060. The van der Waals surface area contributed by atoms with E-state index in [4.69, 9.17) is 0 Å². The van der Waals surface area contributed by atoms with E-state index in [0.29, 0.717) is 19.5 Å². The van der Waals surface area contributed by atoms with Gasteiger partial charge in [0.05, 0.1) is 11.9 Å². The van der Waals surface area contributed by atoms with E-state index in [0.717, 1.165) is 36.3 Å². The van der Waals surface area contributed by atoms with Crippen LogP contribution in [0.3, 0.4) is 0 Å². The Morgan fingerprint density at radius 3 is 2.76 bits per heavy atom. The third-order valence-corrected chi connectivity index (χ3v) is 6.69. The number of benzene rings is 1. The van der Waals surface area contributed by atoms with Crippen LogP contribution in [0.15, 0.2) is 42.9 Å². The molecule has 0 spiro atoms. The average Bonchev–Trinajstić information content (AvgIpc) is 3.62. The average molecular weight is 449 g/mol. The van der Waals surface area contributed by atoms with Gasteiger partial charge in [-0.1, -0.05) is 12.1 Å². The third kappa shape index (κ3) is 4.40. The minimum absolute atomic E-state index is 0.0395. The summed E-state index contributed by atoms with van der Waals surface area (Å²) >= 11 is 0. The zero-order chi connectivity index (χ0) is 22.9. The molecular weight excluding hydrogens is 420 g/mol. The van der Waals surface area contributed by atoms with Gasteiger partial charge in [0.2, 0.25) is 5.91 Å². The van der Waals surface area contributed by atoms with Crippen molar-refractivity contribution in [2.75, 3.05) is 24.5 Å². The molecule has 0 unspecified atom stereocenters. The molecule has 3 fully saturated rings. The second-order valence-electron chi connectivity index (χ2n) is 9.01. The van der Waals surface area contributed by atoms with E-state index in [-0.39, 0.29) is 36.3 Å². The highest BCUT2D eigenvalue weighted by Gasteiger charge is 2.46. The molecule has 1 N–H and O–H groups in total. The van der Waals surface area contributed by atoms with Crippen LogP contribution in [0.25, 0.3) is 11.3 Å². The second kappa shape index (κ2) is 8.80. The highest BCUT2D eigenvalue weighted by atomic mass is 16.2. The van der Waals surface area contributed by atoms with Gasteiger partial charge in [-0.05, 0) is 38.3 Å². The number of hydrogen-bond acceptors (Lipinski definition) is 6. The fourth-order valence-corrected chi connectivity index (χ4v) is 4.84. The maximum atomic E-state index is 12.9.